The highest BCUT2D eigenvalue weighted by molar-refractivity contribution is 6.13. The van der Waals surface area contributed by atoms with Crippen LogP contribution in [0.4, 0.5) is 27.5 Å². The van der Waals surface area contributed by atoms with E-state index in [0.717, 1.165) is 16.0 Å². The number of imide groups is 1. The van der Waals surface area contributed by atoms with Gasteiger partial charge in [0.15, 0.2) is 23.0 Å². The van der Waals surface area contributed by atoms with E-state index in [1.165, 1.54) is 49.3 Å². The summed E-state index contributed by atoms with van der Waals surface area (Å²) >= 11 is 0. The average Bonchev–Trinajstić information content (AvgIpc) is 1.67. The second-order valence-electron chi connectivity index (χ2n) is 27.4. The summed E-state index contributed by atoms with van der Waals surface area (Å²) in [6.45, 7) is 7.65. The van der Waals surface area contributed by atoms with Crippen molar-refractivity contribution in [3.8, 4) is 23.0 Å². The van der Waals surface area contributed by atoms with Crippen molar-refractivity contribution in [2.24, 2.45) is 9.98 Å². The summed E-state index contributed by atoms with van der Waals surface area (Å²) in [7, 11) is 4.57. The van der Waals surface area contributed by atoms with E-state index >= 15 is 0 Å². The van der Waals surface area contributed by atoms with Gasteiger partial charge in [0.05, 0.1) is 161 Å². The Labute approximate surface area is 671 Å². The molecule has 4 N–H and O–H groups in total. The van der Waals surface area contributed by atoms with Gasteiger partial charge in [0.1, 0.15) is 25.9 Å². The molecule has 2 unspecified atom stereocenters. The fourth-order valence-electron chi connectivity index (χ4n) is 13.0. The van der Waals surface area contributed by atoms with Crippen LogP contribution in [0.15, 0.2) is 137 Å². The van der Waals surface area contributed by atoms with Crippen molar-refractivity contribution in [2.75, 3.05) is 157 Å². The average molecular weight is 1600 g/mol. The number of benzene rings is 6. The highest BCUT2D eigenvalue weighted by Gasteiger charge is 2.36. The topological polar surface area (TPSA) is 359 Å². The third-order valence-corrected chi connectivity index (χ3v) is 19.3. The molecule has 5 aliphatic heterocycles. The molecule has 0 fully saturated rings. The number of hydrogen-bond donors (Lipinski definition) is 4. The molecule has 0 bridgehead atoms. The zero-order valence-corrected chi connectivity index (χ0v) is 65.5. The SMILES string of the molecule is COc1cc2c(cc1OCc1cc(COc3cc4c(cc3OC)C(=O)N3Cc5ccccc5CC3C=N4)cc(N(C)C(=O)OCc3ccc(NC(=O)[C@H](C)NC(=O)CNC(=O)CCOCCOCCOCCOCCOCCOCCOCCOCCNC(=O)CCN4C(=O)C=CC4=O)cc3)c1)N=CC1Cc3ccccc3CN1C2=O. The van der Waals surface area contributed by atoms with Gasteiger partial charge in [0.25, 0.3) is 23.6 Å². The van der Waals surface area contributed by atoms with Crippen molar-refractivity contribution in [1.29, 1.82) is 0 Å². The monoisotopic (exact) mass is 1600 g/mol. The molecule has 32 heteroatoms. The minimum atomic E-state index is -0.968. The van der Waals surface area contributed by atoms with E-state index in [1.54, 1.807) is 67.7 Å². The zero-order valence-electron chi connectivity index (χ0n) is 65.5. The Bertz CT molecular complexity index is 4340. The first-order valence-electron chi connectivity index (χ1n) is 38.4. The molecule has 6 aromatic rings. The zero-order chi connectivity index (χ0) is 81.6. The molecule has 116 heavy (non-hydrogen) atoms. The molecule has 616 valence electrons. The third kappa shape index (κ3) is 24.8. The summed E-state index contributed by atoms with van der Waals surface area (Å²) in [5.74, 6) is -1.66. The number of carbonyl (C=O) groups excluding carboxylic acids is 9. The van der Waals surface area contributed by atoms with E-state index in [9.17, 15) is 43.2 Å². The Balaban J connectivity index is 0.553. The number of fused-ring (bicyclic) bond motifs is 6. The Morgan fingerprint density at radius 2 is 0.940 bits per heavy atom. The molecule has 32 nitrogen and oxygen atoms in total. The second kappa shape index (κ2) is 43.8. The molecule has 0 aliphatic carbocycles. The molecule has 0 saturated carbocycles. The van der Waals surface area contributed by atoms with E-state index in [0.29, 0.717) is 192 Å². The van der Waals surface area contributed by atoms with Crippen molar-refractivity contribution < 1.29 is 105 Å². The number of nitrogens with zero attached hydrogens (tertiary/aromatic N) is 6. The summed E-state index contributed by atoms with van der Waals surface area (Å²) < 4.78 is 74.4. The van der Waals surface area contributed by atoms with E-state index in [4.69, 9.17) is 71.6 Å². The quantitative estimate of drug-likeness (QED) is 0.0228. The molecule has 0 aromatic heterocycles. The van der Waals surface area contributed by atoms with E-state index in [1.807, 2.05) is 64.7 Å². The van der Waals surface area contributed by atoms with Crippen molar-refractivity contribution in [1.82, 2.24) is 30.7 Å². The number of anilines is 2. The van der Waals surface area contributed by atoms with Crippen LogP contribution in [-0.2, 0) is 117 Å². The minimum Gasteiger partial charge on any atom is -0.493 e. The van der Waals surface area contributed by atoms with Gasteiger partial charge in [0, 0.05) is 94.2 Å². The highest BCUT2D eigenvalue weighted by Crippen LogP contribution is 2.41. The molecule has 3 atom stereocenters. The minimum absolute atomic E-state index is 0.000385. The predicted octanol–water partition coefficient (Wildman–Crippen LogP) is 6.71. The molecule has 0 radical (unpaired) electrons. The fourth-order valence-corrected chi connectivity index (χ4v) is 13.0. The number of methoxy groups -OCH3 is 2. The maximum absolute atomic E-state index is 14.2. The number of hydrogen-bond acceptors (Lipinski definition) is 24. The Morgan fingerprint density at radius 3 is 1.41 bits per heavy atom. The molecule has 11 rings (SSSR count). The van der Waals surface area contributed by atoms with Gasteiger partial charge in [-0.05, 0) is 101 Å². The van der Waals surface area contributed by atoms with Crippen LogP contribution in [0, 0.1) is 0 Å². The van der Waals surface area contributed by atoms with Crippen LogP contribution >= 0.6 is 0 Å². The molecular formula is C84H98N10O22. The Hall–Kier alpha value is -11.5. The first kappa shape index (κ1) is 85.4. The van der Waals surface area contributed by atoms with Crippen LogP contribution in [0.1, 0.15) is 79.4 Å². The molecule has 5 aliphatic rings. The number of aliphatic imine (C=N–C) groups is 2. The Kier molecular flexibility index (Phi) is 32.3. The lowest BCUT2D eigenvalue weighted by molar-refractivity contribution is -0.137. The van der Waals surface area contributed by atoms with Gasteiger partial charge in [-0.15, -0.1) is 0 Å². The Morgan fingerprint density at radius 1 is 0.491 bits per heavy atom. The van der Waals surface area contributed by atoms with Crippen LogP contribution < -0.4 is 45.1 Å². The number of amides is 9. The van der Waals surface area contributed by atoms with Crippen LogP contribution in [0.2, 0.25) is 0 Å². The van der Waals surface area contributed by atoms with Crippen molar-refractivity contribution >= 4 is 88.5 Å². The number of rotatable bonds is 46. The third-order valence-electron chi connectivity index (χ3n) is 19.3. The van der Waals surface area contributed by atoms with Gasteiger partial charge in [-0.1, -0.05) is 60.7 Å². The van der Waals surface area contributed by atoms with E-state index < -0.39 is 41.7 Å². The number of ether oxygens (including phenoxy) is 13. The van der Waals surface area contributed by atoms with Crippen molar-refractivity contribution in [3.05, 3.63) is 177 Å². The van der Waals surface area contributed by atoms with Gasteiger partial charge in [-0.2, -0.15) is 0 Å². The molecule has 6 aromatic carbocycles. The fraction of sp³-hybridized carbons (Fsp3) is 0.417. The van der Waals surface area contributed by atoms with Crippen molar-refractivity contribution in [2.45, 2.75) is 83.6 Å². The lowest BCUT2D eigenvalue weighted by atomic mass is 9.94. The second-order valence-corrected chi connectivity index (χ2v) is 27.4. The van der Waals surface area contributed by atoms with Crippen LogP contribution in [0.5, 0.6) is 23.0 Å². The van der Waals surface area contributed by atoms with Gasteiger partial charge in [-0.3, -0.25) is 58.1 Å². The first-order chi connectivity index (χ1) is 56.5. The standard InChI is InChI=1S/C84H98N10O22/c1-56(89-78(97)50-88-77(96)20-23-106-25-27-108-29-31-110-33-35-112-37-38-113-36-34-111-32-30-109-28-26-107-24-21-85-76(95)19-22-92-79(98)17-18-80(92)99)81(100)90-64-15-13-57(14-16-64)53-116-84(103)91(2)65-40-58(54-114-74-46-70-68(44-72(74)104-3)82(101)93-51-62-11-7-5-9-60(62)42-66(93)48-86-70)39-59(41-65)55-115-75-47-71-69(45-73(75)105-4)83(102)94-52-63-12-8-6-10-61(63)43-67(94)49-87-71/h5-18,39-41,44-49,56,66-67H,19-38,42-43,50-55H2,1-4H3,(H,85,95)(H,88,96)(H,89,97)(H,90,100)/t56-,66?,67?/m0/s1. The number of carbonyl (C=O) groups is 9. The maximum atomic E-state index is 14.2. The first-order valence-corrected chi connectivity index (χ1v) is 38.4. The van der Waals surface area contributed by atoms with Crippen LogP contribution in [-0.4, -0.2) is 245 Å². The normalized spacial score (nSPS) is 15.2. The molecule has 0 spiro atoms. The van der Waals surface area contributed by atoms with Gasteiger partial charge >= 0.3 is 6.09 Å². The molecule has 0 saturated heterocycles. The molecule has 9 amide bonds. The number of nitrogens with one attached hydrogen (secondary N) is 4. The predicted molar refractivity (Wildman–Crippen MR) is 424 cm³/mol. The van der Waals surface area contributed by atoms with Gasteiger partial charge in [-0.25, -0.2) is 4.79 Å². The van der Waals surface area contributed by atoms with E-state index in [2.05, 4.69) is 33.4 Å². The summed E-state index contributed by atoms with van der Waals surface area (Å²) in [6, 6.07) is 33.5. The highest BCUT2D eigenvalue weighted by atomic mass is 16.6. The van der Waals surface area contributed by atoms with Crippen LogP contribution in [0.3, 0.4) is 0 Å². The lowest BCUT2D eigenvalue weighted by Gasteiger charge is -2.34. The summed E-state index contributed by atoms with van der Waals surface area (Å²) in [6.07, 6.45) is 6.57. The molecule has 5 heterocycles. The smallest absolute Gasteiger partial charge is 0.414 e. The van der Waals surface area contributed by atoms with Gasteiger partial charge < -0.3 is 92.6 Å². The summed E-state index contributed by atoms with van der Waals surface area (Å²) in [4.78, 5) is 131. The maximum Gasteiger partial charge on any atom is 0.414 e. The molecular weight excluding hydrogens is 1500 g/mol. The summed E-state index contributed by atoms with van der Waals surface area (Å²) in [5.41, 5.74) is 8.83. The summed E-state index contributed by atoms with van der Waals surface area (Å²) in [5, 5.41) is 10.5. The van der Waals surface area contributed by atoms with Gasteiger partial charge in [0.2, 0.25) is 23.6 Å². The van der Waals surface area contributed by atoms with Crippen molar-refractivity contribution in [3.63, 3.8) is 0 Å². The lowest BCUT2D eigenvalue weighted by Crippen LogP contribution is -2.46. The van der Waals surface area contributed by atoms with Crippen LogP contribution in [0.25, 0.3) is 0 Å². The van der Waals surface area contributed by atoms with E-state index in [-0.39, 0.29) is 95.4 Å². The largest absolute Gasteiger partial charge is 0.493 e.